The zero-order valence-corrected chi connectivity index (χ0v) is 11.6. The molecule has 1 aromatic heterocycles. The number of benzene rings is 1. The van der Waals surface area contributed by atoms with Gasteiger partial charge in [-0.25, -0.2) is 4.79 Å². The number of hydrogen-bond acceptors (Lipinski definition) is 4. The number of carbonyl (C=O) groups excluding carboxylic acids is 1. The molecular weight excluding hydrogens is 300 g/mol. The minimum absolute atomic E-state index is 0.350. The van der Waals surface area contributed by atoms with Crippen LogP contribution in [0.25, 0.3) is 10.4 Å². The summed E-state index contributed by atoms with van der Waals surface area (Å²) >= 11 is 7.01. The maximum absolute atomic E-state index is 11.7. The molecule has 102 valence electrons. The summed E-state index contributed by atoms with van der Waals surface area (Å²) in [5.74, 6) is -3.06. The molecule has 0 saturated heterocycles. The van der Waals surface area contributed by atoms with Crippen LogP contribution in [0.15, 0.2) is 48.2 Å². The van der Waals surface area contributed by atoms with Crippen LogP contribution in [0.1, 0.15) is 9.67 Å². The minimum atomic E-state index is -1.53. The number of rotatable bonds is 4. The fraction of sp³-hybridized carbons (Fsp3) is 0. The smallest absolute Gasteiger partial charge is 0.371 e. The molecule has 0 radical (unpaired) electrons. The summed E-state index contributed by atoms with van der Waals surface area (Å²) in [5, 5.41) is 18.2. The van der Waals surface area contributed by atoms with E-state index in [0.29, 0.717) is 16.0 Å². The monoisotopic (exact) mass is 308 g/mol. The van der Waals surface area contributed by atoms with E-state index in [2.05, 4.69) is 0 Å². The molecule has 0 bridgehead atoms. The van der Waals surface area contributed by atoms with Gasteiger partial charge in [0, 0.05) is 16.0 Å². The Morgan fingerprint density at radius 2 is 1.70 bits per heavy atom. The maximum Gasteiger partial charge on any atom is 0.371 e. The SMILES string of the molecule is O=C(O)/C(O)=C\C(=O)c1ccc(-c2ccc(Cl)cc2)s1. The van der Waals surface area contributed by atoms with Crippen molar-refractivity contribution in [3.63, 3.8) is 0 Å². The second-order valence-corrected chi connectivity index (χ2v) is 5.39. The average molecular weight is 309 g/mol. The van der Waals surface area contributed by atoms with Crippen LogP contribution in [-0.2, 0) is 4.79 Å². The molecule has 4 nitrogen and oxygen atoms in total. The van der Waals surface area contributed by atoms with Crippen molar-refractivity contribution in [1.82, 2.24) is 0 Å². The van der Waals surface area contributed by atoms with Gasteiger partial charge in [-0.15, -0.1) is 11.3 Å². The van der Waals surface area contributed by atoms with Gasteiger partial charge >= 0.3 is 5.97 Å². The molecule has 2 N–H and O–H groups in total. The summed E-state index contributed by atoms with van der Waals surface area (Å²) in [4.78, 5) is 23.4. The van der Waals surface area contributed by atoms with E-state index in [1.807, 2.05) is 12.1 Å². The summed E-state index contributed by atoms with van der Waals surface area (Å²) in [6, 6.07) is 10.5. The predicted molar refractivity (Wildman–Crippen MR) is 77.4 cm³/mol. The first-order chi connectivity index (χ1) is 9.47. The Labute approximate surface area is 123 Å². The number of allylic oxidation sites excluding steroid dienone is 1. The van der Waals surface area contributed by atoms with E-state index in [1.165, 1.54) is 11.3 Å². The quantitative estimate of drug-likeness (QED) is 0.512. The Hall–Kier alpha value is -2.11. The van der Waals surface area contributed by atoms with Crippen LogP contribution in [0.3, 0.4) is 0 Å². The zero-order valence-electron chi connectivity index (χ0n) is 10.0. The van der Waals surface area contributed by atoms with Gasteiger partial charge < -0.3 is 10.2 Å². The first-order valence-electron chi connectivity index (χ1n) is 5.51. The summed E-state index contributed by atoms with van der Waals surface area (Å²) in [6.45, 7) is 0. The molecule has 1 heterocycles. The molecule has 0 aliphatic rings. The van der Waals surface area contributed by atoms with Crippen molar-refractivity contribution in [2.45, 2.75) is 0 Å². The highest BCUT2D eigenvalue weighted by Crippen LogP contribution is 2.29. The fourth-order valence-corrected chi connectivity index (χ4v) is 2.55. The Bertz CT molecular complexity index is 685. The molecule has 2 aromatic rings. The number of ketones is 1. The van der Waals surface area contributed by atoms with E-state index >= 15 is 0 Å². The number of carboxylic acid groups (broad SMARTS) is 1. The molecular formula is C14H9ClO4S. The van der Waals surface area contributed by atoms with Crippen LogP contribution in [0, 0.1) is 0 Å². The third kappa shape index (κ3) is 3.26. The fourth-order valence-electron chi connectivity index (χ4n) is 1.50. The number of thiophene rings is 1. The van der Waals surface area contributed by atoms with Gasteiger partial charge in [0.2, 0.25) is 5.76 Å². The van der Waals surface area contributed by atoms with Crippen molar-refractivity contribution in [2.75, 3.05) is 0 Å². The van der Waals surface area contributed by atoms with Crippen LogP contribution >= 0.6 is 22.9 Å². The average Bonchev–Trinajstić information content (AvgIpc) is 2.89. The molecule has 2 rings (SSSR count). The van der Waals surface area contributed by atoms with Crippen LogP contribution in [0.2, 0.25) is 5.02 Å². The van der Waals surface area contributed by atoms with Crippen LogP contribution in [0.5, 0.6) is 0 Å². The van der Waals surface area contributed by atoms with E-state index in [0.717, 1.165) is 10.4 Å². The van der Waals surface area contributed by atoms with Crippen LogP contribution < -0.4 is 0 Å². The molecule has 0 unspecified atom stereocenters. The molecule has 1 aromatic carbocycles. The minimum Gasteiger partial charge on any atom is -0.502 e. The van der Waals surface area contributed by atoms with Gasteiger partial charge in [0.15, 0.2) is 5.78 Å². The normalized spacial score (nSPS) is 11.3. The topological polar surface area (TPSA) is 74.6 Å². The number of aliphatic hydroxyl groups is 1. The van der Waals surface area contributed by atoms with E-state index in [4.69, 9.17) is 21.8 Å². The van der Waals surface area contributed by atoms with Crippen molar-refractivity contribution >= 4 is 34.7 Å². The summed E-state index contributed by atoms with van der Waals surface area (Å²) in [7, 11) is 0. The number of aliphatic hydroxyl groups excluding tert-OH is 1. The van der Waals surface area contributed by atoms with Crippen molar-refractivity contribution in [1.29, 1.82) is 0 Å². The number of halogens is 1. The first kappa shape index (κ1) is 14.3. The summed E-state index contributed by atoms with van der Waals surface area (Å²) in [6.07, 6.45) is 0.694. The summed E-state index contributed by atoms with van der Waals surface area (Å²) in [5.41, 5.74) is 0.907. The Morgan fingerprint density at radius 1 is 1.05 bits per heavy atom. The number of hydrogen-bond donors (Lipinski definition) is 2. The highest BCUT2D eigenvalue weighted by Gasteiger charge is 2.12. The molecule has 20 heavy (non-hydrogen) atoms. The van der Waals surface area contributed by atoms with Crippen molar-refractivity contribution in [2.24, 2.45) is 0 Å². The van der Waals surface area contributed by atoms with E-state index in [-0.39, 0.29) is 0 Å². The maximum atomic E-state index is 11.7. The predicted octanol–water partition coefficient (Wildman–Crippen LogP) is 3.78. The van der Waals surface area contributed by atoms with E-state index in [1.54, 1.807) is 24.3 Å². The first-order valence-corrected chi connectivity index (χ1v) is 6.71. The lowest BCUT2D eigenvalue weighted by Crippen LogP contribution is -2.02. The highest BCUT2D eigenvalue weighted by molar-refractivity contribution is 7.17. The van der Waals surface area contributed by atoms with Crippen molar-refractivity contribution in [3.8, 4) is 10.4 Å². The van der Waals surface area contributed by atoms with E-state index in [9.17, 15) is 9.59 Å². The lowest BCUT2D eigenvalue weighted by Gasteiger charge is -1.96. The number of carbonyl (C=O) groups is 2. The molecule has 0 aliphatic heterocycles. The van der Waals surface area contributed by atoms with Gasteiger partial charge in [-0.3, -0.25) is 4.79 Å². The molecule has 0 spiro atoms. The largest absolute Gasteiger partial charge is 0.502 e. The number of carboxylic acids is 1. The molecule has 0 atom stereocenters. The third-order valence-corrected chi connectivity index (χ3v) is 3.87. The van der Waals surface area contributed by atoms with Crippen LogP contribution in [-0.4, -0.2) is 22.0 Å². The van der Waals surface area contributed by atoms with Gasteiger partial charge in [0.1, 0.15) is 0 Å². The van der Waals surface area contributed by atoms with Crippen molar-refractivity contribution < 1.29 is 19.8 Å². The third-order valence-electron chi connectivity index (χ3n) is 2.46. The zero-order chi connectivity index (χ0) is 14.7. The Kier molecular flexibility index (Phi) is 4.22. The molecule has 0 saturated carbocycles. The summed E-state index contributed by atoms with van der Waals surface area (Å²) < 4.78 is 0. The molecule has 0 amide bonds. The lowest BCUT2D eigenvalue weighted by atomic mass is 10.2. The molecule has 0 aliphatic carbocycles. The standard InChI is InChI=1S/C14H9ClO4S/c15-9-3-1-8(2-4-9)12-5-6-13(20-12)10(16)7-11(17)14(18)19/h1-7,17H,(H,18,19)/b11-7+. The lowest BCUT2D eigenvalue weighted by molar-refractivity contribution is -0.135. The Balaban J connectivity index is 2.25. The van der Waals surface area contributed by atoms with Gasteiger partial charge in [0.05, 0.1) is 4.88 Å². The van der Waals surface area contributed by atoms with Gasteiger partial charge in [0.25, 0.3) is 0 Å². The van der Waals surface area contributed by atoms with Crippen LogP contribution in [0.4, 0.5) is 0 Å². The van der Waals surface area contributed by atoms with Gasteiger partial charge in [-0.05, 0) is 29.8 Å². The number of aliphatic carboxylic acids is 1. The van der Waals surface area contributed by atoms with E-state index < -0.39 is 17.5 Å². The van der Waals surface area contributed by atoms with Gasteiger partial charge in [-0.1, -0.05) is 23.7 Å². The second kappa shape index (κ2) is 5.90. The highest BCUT2D eigenvalue weighted by atomic mass is 35.5. The van der Waals surface area contributed by atoms with Crippen molar-refractivity contribution in [3.05, 3.63) is 58.1 Å². The Morgan fingerprint density at radius 3 is 2.30 bits per heavy atom. The molecule has 6 heteroatoms. The second-order valence-electron chi connectivity index (χ2n) is 3.87. The van der Waals surface area contributed by atoms with Gasteiger partial charge in [-0.2, -0.15) is 0 Å². The molecule has 0 fully saturated rings.